The molecule has 4 nitrogen and oxygen atoms in total. The molecule has 0 bridgehead atoms. The molecule has 5 aromatic rings. The first kappa shape index (κ1) is 20.2. The Labute approximate surface area is 199 Å². The van der Waals surface area contributed by atoms with Crippen LogP contribution in [0.15, 0.2) is 104 Å². The number of fused-ring (bicyclic) bond motifs is 2. The Bertz CT molecular complexity index is 1540. The molecule has 0 N–H and O–H groups in total. The molecule has 3 aromatic carbocycles. The first-order valence-electron chi connectivity index (χ1n) is 11.4. The number of rotatable bonds is 3. The number of anilines is 3. The summed E-state index contributed by atoms with van der Waals surface area (Å²) in [5.74, 6) is 0.953. The van der Waals surface area contributed by atoms with Crippen LogP contribution in [0.3, 0.4) is 0 Å². The van der Waals surface area contributed by atoms with Crippen molar-refractivity contribution in [3.05, 3.63) is 115 Å². The summed E-state index contributed by atoms with van der Waals surface area (Å²) in [5, 5.41) is 0. The second-order valence-corrected chi connectivity index (χ2v) is 8.61. The van der Waals surface area contributed by atoms with Gasteiger partial charge in [0.2, 0.25) is 5.69 Å². The third-order valence-corrected chi connectivity index (χ3v) is 6.43. The number of pyridine rings is 1. The van der Waals surface area contributed by atoms with E-state index in [0.29, 0.717) is 0 Å². The number of nitrogens with zero attached hydrogens (tertiary/aromatic N) is 4. The van der Waals surface area contributed by atoms with Crippen molar-refractivity contribution in [2.45, 2.75) is 0 Å². The maximum atomic E-state index is 4.59. The van der Waals surface area contributed by atoms with Crippen LogP contribution < -0.4 is 9.47 Å². The Morgan fingerprint density at radius 2 is 1.56 bits per heavy atom. The summed E-state index contributed by atoms with van der Waals surface area (Å²) in [4.78, 5) is 6.95. The molecule has 0 radical (unpaired) electrons. The van der Waals surface area contributed by atoms with Gasteiger partial charge in [0, 0.05) is 48.4 Å². The van der Waals surface area contributed by atoms with E-state index in [1.165, 1.54) is 22.4 Å². The molecule has 0 saturated heterocycles. The summed E-state index contributed by atoms with van der Waals surface area (Å²) in [7, 11) is 4.12. The van der Waals surface area contributed by atoms with Crippen molar-refractivity contribution >= 4 is 29.2 Å². The Hall–Kier alpha value is -4.44. The summed E-state index contributed by atoms with van der Waals surface area (Å²) in [5.41, 5.74) is 9.22. The Morgan fingerprint density at radius 3 is 2.38 bits per heavy atom. The van der Waals surface area contributed by atoms with Crippen molar-refractivity contribution in [2.75, 3.05) is 4.90 Å². The van der Waals surface area contributed by atoms with E-state index >= 15 is 0 Å². The van der Waals surface area contributed by atoms with Gasteiger partial charge in [-0.25, -0.2) is 9.55 Å². The van der Waals surface area contributed by atoms with Crippen molar-refractivity contribution < 1.29 is 4.57 Å². The van der Waals surface area contributed by atoms with Crippen molar-refractivity contribution in [2.24, 2.45) is 14.1 Å². The fraction of sp³-hybridized carbons (Fsp3) is 0.0667. The smallest absolute Gasteiger partial charge is 0.212 e. The van der Waals surface area contributed by atoms with Crippen LogP contribution in [0.2, 0.25) is 0 Å². The number of hydrogen-bond donors (Lipinski definition) is 0. The highest BCUT2D eigenvalue weighted by molar-refractivity contribution is 5.94. The normalized spacial score (nSPS) is 12.2. The molecule has 0 spiro atoms. The van der Waals surface area contributed by atoms with Crippen LogP contribution in [0, 0.1) is 0 Å². The van der Waals surface area contributed by atoms with Crippen molar-refractivity contribution in [3.63, 3.8) is 0 Å². The van der Waals surface area contributed by atoms with Gasteiger partial charge < -0.3 is 9.47 Å². The summed E-state index contributed by atoms with van der Waals surface area (Å²) in [6, 6.07) is 30.2. The average molecular weight is 442 g/mol. The molecule has 3 heterocycles. The lowest BCUT2D eigenvalue weighted by Gasteiger charge is -2.28. The molecular formula is C30H25N4+. The first-order chi connectivity index (χ1) is 16.7. The fourth-order valence-corrected chi connectivity index (χ4v) is 4.71. The molecule has 164 valence electrons. The van der Waals surface area contributed by atoms with Crippen LogP contribution in [0.25, 0.3) is 34.8 Å². The van der Waals surface area contributed by atoms with Gasteiger partial charge in [-0.15, -0.1) is 0 Å². The molecule has 1 aliphatic heterocycles. The van der Waals surface area contributed by atoms with Crippen molar-refractivity contribution in [1.82, 2.24) is 9.55 Å². The van der Waals surface area contributed by atoms with Gasteiger partial charge in [-0.2, -0.15) is 0 Å². The molecule has 0 saturated carbocycles. The van der Waals surface area contributed by atoms with Gasteiger partial charge in [-0.1, -0.05) is 48.6 Å². The summed E-state index contributed by atoms with van der Waals surface area (Å²) < 4.78 is 4.22. The number of aromatic nitrogens is 3. The van der Waals surface area contributed by atoms with E-state index in [1.54, 1.807) is 0 Å². The van der Waals surface area contributed by atoms with E-state index < -0.39 is 0 Å². The molecule has 0 aliphatic carbocycles. The third kappa shape index (κ3) is 3.41. The lowest BCUT2D eigenvalue weighted by atomic mass is 10.0. The number of hydrogen-bond acceptors (Lipinski definition) is 2. The highest BCUT2D eigenvalue weighted by Crippen LogP contribution is 2.43. The molecule has 0 fully saturated rings. The van der Waals surface area contributed by atoms with Crippen LogP contribution >= 0.6 is 0 Å². The molecule has 0 amide bonds. The largest absolute Gasteiger partial charge is 0.334 e. The van der Waals surface area contributed by atoms with Gasteiger partial charge in [-0.3, -0.25) is 0 Å². The molecule has 0 unspecified atom stereocenters. The molecule has 4 heteroatoms. The van der Waals surface area contributed by atoms with Crippen molar-refractivity contribution in [3.8, 4) is 22.6 Å². The third-order valence-electron chi connectivity index (χ3n) is 6.43. The Balaban J connectivity index is 1.58. The highest BCUT2D eigenvalue weighted by Gasteiger charge is 2.22. The Kier molecular flexibility index (Phi) is 4.84. The molecular weight excluding hydrogens is 416 g/mol. The van der Waals surface area contributed by atoms with E-state index in [0.717, 1.165) is 28.5 Å². The van der Waals surface area contributed by atoms with Crippen molar-refractivity contribution in [1.29, 1.82) is 0 Å². The van der Waals surface area contributed by atoms with Crippen LogP contribution in [0.1, 0.15) is 11.1 Å². The number of benzene rings is 3. The van der Waals surface area contributed by atoms with E-state index in [9.17, 15) is 0 Å². The summed E-state index contributed by atoms with van der Waals surface area (Å²) in [6.07, 6.45) is 10.3. The molecule has 6 rings (SSSR count). The second-order valence-electron chi connectivity index (χ2n) is 8.61. The van der Waals surface area contributed by atoms with E-state index in [1.807, 2.05) is 19.4 Å². The molecule has 2 aromatic heterocycles. The highest BCUT2D eigenvalue weighted by atomic mass is 15.1. The zero-order valence-electron chi connectivity index (χ0n) is 19.3. The van der Waals surface area contributed by atoms with Gasteiger partial charge in [0.05, 0.1) is 11.4 Å². The van der Waals surface area contributed by atoms with Crippen LogP contribution in [0.5, 0.6) is 0 Å². The maximum absolute atomic E-state index is 4.59. The zero-order valence-corrected chi connectivity index (χ0v) is 19.3. The SMILES string of the molecule is Cn1ccnc1-c1ccc2c(c1)N(c1cccc(-c3cccc[n+]3C)c1)c1ccccc1C=C2. The predicted molar refractivity (Wildman–Crippen MR) is 139 cm³/mol. The number of imidazole rings is 1. The quantitative estimate of drug-likeness (QED) is 0.292. The number of para-hydroxylation sites is 1. The fourth-order valence-electron chi connectivity index (χ4n) is 4.71. The molecule has 34 heavy (non-hydrogen) atoms. The van der Waals surface area contributed by atoms with Gasteiger partial charge >= 0.3 is 0 Å². The van der Waals surface area contributed by atoms with E-state index in [4.69, 9.17) is 0 Å². The minimum Gasteiger partial charge on any atom is -0.334 e. The summed E-state index contributed by atoms with van der Waals surface area (Å²) in [6.45, 7) is 0. The minimum atomic E-state index is 0.953. The van der Waals surface area contributed by atoms with Crippen LogP contribution in [-0.2, 0) is 14.1 Å². The molecule has 1 aliphatic rings. The van der Waals surface area contributed by atoms with Gasteiger partial charge in [0.1, 0.15) is 12.9 Å². The summed E-state index contributed by atoms with van der Waals surface area (Å²) >= 11 is 0. The minimum absolute atomic E-state index is 0.953. The Morgan fingerprint density at radius 1 is 0.735 bits per heavy atom. The van der Waals surface area contributed by atoms with E-state index in [2.05, 4.69) is 129 Å². The average Bonchev–Trinajstić information content (AvgIpc) is 3.22. The monoisotopic (exact) mass is 441 g/mol. The zero-order chi connectivity index (χ0) is 23.1. The lowest BCUT2D eigenvalue weighted by Crippen LogP contribution is -2.29. The van der Waals surface area contributed by atoms with Gasteiger partial charge in [-0.05, 0) is 47.5 Å². The standard InChI is InChI=1S/C30H25N4/c1-32-18-6-5-11-27(32)24-9-7-10-26(20-24)34-28-12-4-3-8-22(28)13-14-23-15-16-25(21-29(23)34)30-31-17-19-33(30)2/h3-21H,1-2H3/q+1. The second kappa shape index (κ2) is 8.16. The molecule has 0 atom stereocenters. The van der Waals surface area contributed by atoms with Gasteiger partial charge in [0.25, 0.3) is 0 Å². The van der Waals surface area contributed by atoms with Gasteiger partial charge in [0.15, 0.2) is 6.20 Å². The topological polar surface area (TPSA) is 24.9 Å². The first-order valence-corrected chi connectivity index (χ1v) is 11.4. The lowest BCUT2D eigenvalue weighted by molar-refractivity contribution is -0.660. The van der Waals surface area contributed by atoms with Crippen LogP contribution in [0.4, 0.5) is 17.1 Å². The maximum Gasteiger partial charge on any atom is 0.212 e. The predicted octanol–water partition coefficient (Wildman–Crippen LogP) is 6.53. The number of aryl methyl sites for hydroxylation is 2. The van der Waals surface area contributed by atoms with E-state index in [-0.39, 0.29) is 0 Å². The van der Waals surface area contributed by atoms with Crippen LogP contribution in [-0.4, -0.2) is 9.55 Å².